The highest BCUT2D eigenvalue weighted by Gasteiger charge is 2.28. The first-order valence-electron chi connectivity index (χ1n) is 15.2. The summed E-state index contributed by atoms with van der Waals surface area (Å²) in [7, 11) is 0.409. The number of fused-ring (bicyclic) bond motifs is 1. The lowest BCUT2D eigenvalue weighted by molar-refractivity contribution is 0.0285. The number of nitrogens with zero attached hydrogens (tertiary/aromatic N) is 3. The molecule has 1 N–H and O–H groups in total. The molecule has 11 heteroatoms. The number of ether oxygens (including phenoxy) is 2. The number of aryl methyl sites for hydroxylation is 1. The highest BCUT2D eigenvalue weighted by molar-refractivity contribution is 7.91. The summed E-state index contributed by atoms with van der Waals surface area (Å²) in [5.41, 5.74) is 3.32. The number of amides is 1. The van der Waals surface area contributed by atoms with Crippen LogP contribution in [0.1, 0.15) is 74.3 Å². The van der Waals surface area contributed by atoms with Crippen LogP contribution in [0.25, 0.3) is 21.3 Å². The van der Waals surface area contributed by atoms with E-state index in [-0.39, 0.29) is 29.6 Å². The van der Waals surface area contributed by atoms with E-state index in [1.54, 1.807) is 30.4 Å². The van der Waals surface area contributed by atoms with E-state index >= 15 is 0 Å². The molecule has 3 heterocycles. The number of carbonyl (C=O) groups is 1. The van der Waals surface area contributed by atoms with E-state index in [1.807, 2.05) is 52.0 Å². The Kier molecular flexibility index (Phi) is 9.41. The van der Waals surface area contributed by atoms with Crippen molar-refractivity contribution in [3.63, 3.8) is 0 Å². The van der Waals surface area contributed by atoms with Crippen molar-refractivity contribution < 1.29 is 22.7 Å². The quantitative estimate of drug-likeness (QED) is 0.209. The average Bonchev–Trinajstić information content (AvgIpc) is 3.46. The molecule has 0 bridgehead atoms. The van der Waals surface area contributed by atoms with Gasteiger partial charge in [-0.1, -0.05) is 24.3 Å². The Morgan fingerprint density at radius 1 is 1.11 bits per heavy atom. The topological polar surface area (TPSA) is 111 Å². The first-order chi connectivity index (χ1) is 21.2. The van der Waals surface area contributed by atoms with E-state index in [2.05, 4.69) is 41.5 Å². The number of thiophene rings is 1. The van der Waals surface area contributed by atoms with Gasteiger partial charge < -0.3 is 19.7 Å². The van der Waals surface area contributed by atoms with E-state index in [0.29, 0.717) is 25.2 Å². The van der Waals surface area contributed by atoms with Gasteiger partial charge in [0.15, 0.2) is 0 Å². The van der Waals surface area contributed by atoms with Crippen LogP contribution in [0, 0.1) is 6.92 Å². The zero-order valence-corrected chi connectivity index (χ0v) is 28.6. The number of anilines is 1. The summed E-state index contributed by atoms with van der Waals surface area (Å²) in [5, 5.41) is 4.50. The second-order valence-corrected chi connectivity index (χ2v) is 16.1. The maximum atomic E-state index is 12.6. The van der Waals surface area contributed by atoms with Crippen molar-refractivity contribution in [2.75, 3.05) is 31.0 Å². The van der Waals surface area contributed by atoms with Crippen molar-refractivity contribution in [3.8, 4) is 16.2 Å². The minimum absolute atomic E-state index is 0.0526. The van der Waals surface area contributed by atoms with Gasteiger partial charge in [-0.25, -0.2) is 23.2 Å². The zero-order valence-electron chi connectivity index (χ0n) is 27.0. The zero-order chi connectivity index (χ0) is 32.5. The summed E-state index contributed by atoms with van der Waals surface area (Å²) in [5.74, 6) is 2.56. The second kappa shape index (κ2) is 13.0. The molecule has 45 heavy (non-hydrogen) atoms. The van der Waals surface area contributed by atoms with Crippen LogP contribution < -0.4 is 10.1 Å². The third-order valence-electron chi connectivity index (χ3n) is 7.96. The third kappa shape index (κ3) is 7.76. The standard InChI is InChI=1S/C34H42N4O5S2/c1-21(30-12-13-31(44-30)25-11-9-8-10-24(25)20-38(6)33(39)43-34(3,4)5)35-32-27-18-26(23-14-16-45(40,41)17-15-23)29(42-7)19-28(27)36-22(2)37-32/h8-13,18-19,21,23H,14-17,20H2,1-7H3,(H,35,36,37)/t21-/m1/s1. The molecule has 1 amide bonds. The van der Waals surface area contributed by atoms with Gasteiger partial charge >= 0.3 is 6.09 Å². The highest BCUT2D eigenvalue weighted by Crippen LogP contribution is 2.40. The molecule has 240 valence electrons. The Morgan fingerprint density at radius 3 is 2.51 bits per heavy atom. The second-order valence-electron chi connectivity index (χ2n) is 12.7. The molecule has 2 aromatic carbocycles. The van der Waals surface area contributed by atoms with Crippen LogP contribution in [0.15, 0.2) is 48.5 Å². The molecule has 1 fully saturated rings. The molecular weight excluding hydrogens is 609 g/mol. The SMILES string of the molecule is COc1cc2nc(C)nc(N[C@H](C)c3ccc(-c4ccccc4CN(C)C(=O)OC(C)(C)C)s3)c2cc1C1CCS(=O)(=O)CC1. The summed E-state index contributed by atoms with van der Waals surface area (Å²) in [6, 6.07) is 16.3. The van der Waals surface area contributed by atoms with Crippen molar-refractivity contribution in [2.24, 2.45) is 0 Å². The van der Waals surface area contributed by atoms with Crippen molar-refractivity contribution >= 4 is 44.0 Å². The summed E-state index contributed by atoms with van der Waals surface area (Å²) in [4.78, 5) is 25.9. The van der Waals surface area contributed by atoms with Gasteiger partial charge in [0, 0.05) is 34.8 Å². The molecule has 0 saturated carbocycles. The van der Waals surface area contributed by atoms with Gasteiger partial charge in [0.1, 0.15) is 32.8 Å². The Bertz CT molecular complexity index is 1800. The van der Waals surface area contributed by atoms with E-state index in [1.165, 1.54) is 0 Å². The number of hydrogen-bond donors (Lipinski definition) is 1. The van der Waals surface area contributed by atoms with Crippen molar-refractivity contribution in [2.45, 2.75) is 71.6 Å². The summed E-state index contributed by atoms with van der Waals surface area (Å²) < 4.78 is 35.5. The number of rotatable bonds is 8. The summed E-state index contributed by atoms with van der Waals surface area (Å²) in [6.07, 6.45) is 0.787. The van der Waals surface area contributed by atoms with E-state index < -0.39 is 15.4 Å². The molecule has 0 spiro atoms. The predicted molar refractivity (Wildman–Crippen MR) is 181 cm³/mol. The van der Waals surface area contributed by atoms with Crippen LogP contribution in [0.5, 0.6) is 5.75 Å². The molecule has 0 unspecified atom stereocenters. The van der Waals surface area contributed by atoms with Gasteiger partial charge in [-0.2, -0.15) is 0 Å². The van der Waals surface area contributed by atoms with Crippen molar-refractivity contribution in [1.29, 1.82) is 0 Å². The molecular formula is C34H42N4O5S2. The maximum absolute atomic E-state index is 12.6. The van der Waals surface area contributed by atoms with Crippen molar-refractivity contribution in [1.82, 2.24) is 14.9 Å². The third-order valence-corrected chi connectivity index (χ3v) is 11.0. The molecule has 9 nitrogen and oxygen atoms in total. The Balaban J connectivity index is 1.40. The van der Waals surface area contributed by atoms with Crippen LogP contribution in [-0.4, -0.2) is 60.6 Å². The van der Waals surface area contributed by atoms with Crippen LogP contribution >= 0.6 is 11.3 Å². The first-order valence-corrected chi connectivity index (χ1v) is 17.8. The Morgan fingerprint density at radius 2 is 1.82 bits per heavy atom. The van der Waals surface area contributed by atoms with Gasteiger partial charge in [-0.05, 0) is 88.3 Å². The van der Waals surface area contributed by atoms with Crippen LogP contribution in [-0.2, 0) is 21.1 Å². The van der Waals surface area contributed by atoms with Gasteiger partial charge in [0.2, 0.25) is 0 Å². The number of nitrogens with one attached hydrogen (secondary N) is 1. The number of methoxy groups -OCH3 is 1. The molecule has 1 atom stereocenters. The molecule has 1 saturated heterocycles. The Labute approximate surface area is 269 Å². The lowest BCUT2D eigenvalue weighted by Gasteiger charge is -2.25. The smallest absolute Gasteiger partial charge is 0.410 e. The number of benzene rings is 2. The minimum Gasteiger partial charge on any atom is -0.496 e. The van der Waals surface area contributed by atoms with Crippen LogP contribution in [0.2, 0.25) is 0 Å². The van der Waals surface area contributed by atoms with Gasteiger partial charge in [-0.15, -0.1) is 11.3 Å². The van der Waals surface area contributed by atoms with E-state index in [0.717, 1.165) is 48.9 Å². The first kappa shape index (κ1) is 32.7. The van der Waals surface area contributed by atoms with E-state index in [4.69, 9.17) is 14.5 Å². The summed E-state index contributed by atoms with van der Waals surface area (Å²) >= 11 is 1.70. The van der Waals surface area contributed by atoms with E-state index in [9.17, 15) is 13.2 Å². The number of aromatic nitrogens is 2. The van der Waals surface area contributed by atoms with Crippen LogP contribution in [0.4, 0.5) is 10.6 Å². The molecule has 0 aliphatic carbocycles. The number of hydrogen-bond acceptors (Lipinski definition) is 9. The van der Waals surface area contributed by atoms with Crippen molar-refractivity contribution in [3.05, 3.63) is 70.4 Å². The lowest BCUT2D eigenvalue weighted by Crippen LogP contribution is -2.33. The lowest BCUT2D eigenvalue weighted by atomic mass is 9.91. The van der Waals surface area contributed by atoms with Crippen LogP contribution in [0.3, 0.4) is 0 Å². The molecule has 4 aromatic rings. The fourth-order valence-electron chi connectivity index (χ4n) is 5.66. The van der Waals surface area contributed by atoms with Gasteiger partial charge in [0.25, 0.3) is 0 Å². The Hall–Kier alpha value is -3.70. The number of sulfone groups is 1. The summed E-state index contributed by atoms with van der Waals surface area (Å²) in [6.45, 7) is 10.00. The molecule has 0 radical (unpaired) electrons. The maximum Gasteiger partial charge on any atom is 0.410 e. The molecule has 1 aliphatic rings. The van der Waals surface area contributed by atoms with Gasteiger partial charge in [-0.3, -0.25) is 0 Å². The predicted octanol–water partition coefficient (Wildman–Crippen LogP) is 7.51. The highest BCUT2D eigenvalue weighted by atomic mass is 32.2. The average molecular weight is 651 g/mol. The number of carbonyl (C=O) groups excluding carboxylic acids is 1. The molecule has 2 aromatic heterocycles. The molecule has 5 rings (SSSR count). The van der Waals surface area contributed by atoms with Gasteiger partial charge in [0.05, 0.1) is 30.2 Å². The largest absolute Gasteiger partial charge is 0.496 e. The normalized spacial score (nSPS) is 15.9. The fraction of sp³-hybridized carbons (Fsp3) is 0.441. The fourth-order valence-corrected chi connectivity index (χ4v) is 8.22. The monoisotopic (exact) mass is 650 g/mol. The molecule has 1 aliphatic heterocycles. The minimum atomic E-state index is -2.98.